The molecular weight excluding hydrogens is 244 g/mol. The highest BCUT2D eigenvalue weighted by Crippen LogP contribution is 2.04. The Bertz CT molecular complexity index is 249. The molecule has 1 aliphatic heterocycles. The number of carbonyl (C=O) groups excluding carboxylic acids is 1. The lowest BCUT2D eigenvalue weighted by Crippen LogP contribution is -2.39. The van der Waals surface area contributed by atoms with Crippen molar-refractivity contribution in [2.45, 2.75) is 57.6 Å². The molecule has 1 saturated heterocycles. The largest absolute Gasteiger partial charge is 0.389 e. The van der Waals surface area contributed by atoms with Gasteiger partial charge >= 0.3 is 0 Å². The summed E-state index contributed by atoms with van der Waals surface area (Å²) in [5.41, 5.74) is 0. The van der Waals surface area contributed by atoms with Crippen molar-refractivity contribution in [1.82, 2.24) is 10.6 Å². The molecule has 1 aliphatic rings. The van der Waals surface area contributed by atoms with Crippen molar-refractivity contribution in [3.05, 3.63) is 0 Å². The molecule has 2 atom stereocenters. The summed E-state index contributed by atoms with van der Waals surface area (Å²) in [6, 6.07) is 0.217. The van der Waals surface area contributed by atoms with E-state index < -0.39 is 6.10 Å². The molecule has 1 heterocycles. The number of amides is 1. The SMILES string of the molecule is CCCCCCOCC(O)CNCC1CCC(=O)N1. The zero-order chi connectivity index (χ0) is 13.9. The summed E-state index contributed by atoms with van der Waals surface area (Å²) >= 11 is 0. The molecule has 0 bridgehead atoms. The maximum absolute atomic E-state index is 11.0. The van der Waals surface area contributed by atoms with Crippen LogP contribution in [0.15, 0.2) is 0 Å². The Morgan fingerprint density at radius 3 is 3.00 bits per heavy atom. The minimum Gasteiger partial charge on any atom is -0.389 e. The topological polar surface area (TPSA) is 70.6 Å². The first-order valence-electron chi connectivity index (χ1n) is 7.48. The van der Waals surface area contributed by atoms with Gasteiger partial charge in [-0.3, -0.25) is 4.79 Å². The van der Waals surface area contributed by atoms with Crippen molar-refractivity contribution in [2.75, 3.05) is 26.3 Å². The summed E-state index contributed by atoms with van der Waals surface area (Å²) in [5.74, 6) is 0.128. The van der Waals surface area contributed by atoms with Crippen molar-refractivity contribution in [2.24, 2.45) is 0 Å². The molecule has 19 heavy (non-hydrogen) atoms. The third-order valence-corrected chi connectivity index (χ3v) is 3.31. The average molecular weight is 272 g/mol. The van der Waals surface area contributed by atoms with E-state index >= 15 is 0 Å². The van der Waals surface area contributed by atoms with Crippen LogP contribution in [0.25, 0.3) is 0 Å². The molecule has 3 N–H and O–H groups in total. The molecule has 112 valence electrons. The Hall–Kier alpha value is -0.650. The fraction of sp³-hybridized carbons (Fsp3) is 0.929. The first-order chi connectivity index (χ1) is 9.22. The van der Waals surface area contributed by atoms with Crippen LogP contribution in [-0.4, -0.2) is 49.5 Å². The normalized spacial score (nSPS) is 20.5. The van der Waals surface area contributed by atoms with Gasteiger partial charge in [0, 0.05) is 32.2 Å². The molecule has 1 rings (SSSR count). The highest BCUT2D eigenvalue weighted by molar-refractivity contribution is 5.78. The maximum atomic E-state index is 11.0. The average Bonchev–Trinajstić information content (AvgIpc) is 2.79. The van der Waals surface area contributed by atoms with Crippen LogP contribution in [0.4, 0.5) is 0 Å². The summed E-state index contributed by atoms with van der Waals surface area (Å²) in [6.07, 6.45) is 5.79. The minimum absolute atomic E-state index is 0.128. The van der Waals surface area contributed by atoms with Crippen molar-refractivity contribution in [3.8, 4) is 0 Å². The Balaban J connectivity index is 1.87. The van der Waals surface area contributed by atoms with Crippen molar-refractivity contribution < 1.29 is 14.6 Å². The second-order valence-corrected chi connectivity index (χ2v) is 5.25. The molecule has 5 nitrogen and oxygen atoms in total. The number of carbonyl (C=O) groups is 1. The van der Waals surface area contributed by atoms with Crippen molar-refractivity contribution in [1.29, 1.82) is 0 Å². The molecule has 0 aromatic carbocycles. The van der Waals surface area contributed by atoms with Gasteiger partial charge in [-0.15, -0.1) is 0 Å². The lowest BCUT2D eigenvalue weighted by molar-refractivity contribution is -0.119. The number of hydrogen-bond acceptors (Lipinski definition) is 4. The summed E-state index contributed by atoms with van der Waals surface area (Å²) < 4.78 is 5.42. The number of rotatable bonds is 11. The minimum atomic E-state index is -0.469. The fourth-order valence-electron chi connectivity index (χ4n) is 2.16. The van der Waals surface area contributed by atoms with Crippen molar-refractivity contribution in [3.63, 3.8) is 0 Å². The number of aliphatic hydroxyl groups is 1. The molecule has 0 aromatic heterocycles. The highest BCUT2D eigenvalue weighted by Gasteiger charge is 2.20. The van der Waals surface area contributed by atoms with Gasteiger partial charge in [0.2, 0.25) is 5.91 Å². The van der Waals surface area contributed by atoms with E-state index in [1.165, 1.54) is 19.3 Å². The molecule has 0 aliphatic carbocycles. The van der Waals surface area contributed by atoms with E-state index in [0.717, 1.165) is 26.0 Å². The molecule has 1 fully saturated rings. The first-order valence-corrected chi connectivity index (χ1v) is 7.48. The lowest BCUT2D eigenvalue weighted by atomic mass is 10.2. The van der Waals surface area contributed by atoms with Gasteiger partial charge in [0.05, 0.1) is 12.7 Å². The second-order valence-electron chi connectivity index (χ2n) is 5.25. The Morgan fingerprint density at radius 1 is 1.47 bits per heavy atom. The van der Waals surface area contributed by atoms with E-state index in [0.29, 0.717) is 19.6 Å². The predicted octanol–water partition coefficient (Wildman–Crippen LogP) is 0.812. The zero-order valence-corrected chi connectivity index (χ0v) is 12.0. The molecule has 0 aromatic rings. The van der Waals surface area contributed by atoms with E-state index in [1.54, 1.807) is 0 Å². The summed E-state index contributed by atoms with van der Waals surface area (Å²) in [6.45, 7) is 4.54. The van der Waals surface area contributed by atoms with Crippen LogP contribution in [0.2, 0.25) is 0 Å². The molecule has 5 heteroatoms. The van der Waals surface area contributed by atoms with Gasteiger partial charge in [-0.2, -0.15) is 0 Å². The smallest absolute Gasteiger partial charge is 0.220 e. The Morgan fingerprint density at radius 2 is 2.32 bits per heavy atom. The van der Waals surface area contributed by atoms with E-state index in [1.807, 2.05) is 0 Å². The van der Waals surface area contributed by atoms with Crippen molar-refractivity contribution >= 4 is 5.91 Å². The number of ether oxygens (including phenoxy) is 1. The number of aliphatic hydroxyl groups excluding tert-OH is 1. The molecule has 0 spiro atoms. The van der Waals surface area contributed by atoms with Gasteiger partial charge < -0.3 is 20.5 Å². The summed E-state index contributed by atoms with van der Waals surface area (Å²) in [5, 5.41) is 15.8. The molecule has 0 saturated carbocycles. The van der Waals surface area contributed by atoms with Gasteiger partial charge in [-0.25, -0.2) is 0 Å². The van der Waals surface area contributed by atoms with Crippen LogP contribution >= 0.6 is 0 Å². The van der Waals surface area contributed by atoms with E-state index in [9.17, 15) is 9.90 Å². The van der Waals surface area contributed by atoms with Gasteiger partial charge in [0.1, 0.15) is 0 Å². The standard InChI is InChI=1S/C14H28N2O3/c1-2-3-4-5-8-19-11-13(17)10-15-9-12-6-7-14(18)16-12/h12-13,15,17H,2-11H2,1H3,(H,16,18). The Labute approximate surface area is 116 Å². The van der Waals surface area contributed by atoms with Gasteiger partial charge in [0.15, 0.2) is 0 Å². The number of unbranched alkanes of at least 4 members (excludes halogenated alkanes) is 3. The maximum Gasteiger partial charge on any atom is 0.220 e. The molecular formula is C14H28N2O3. The fourth-order valence-corrected chi connectivity index (χ4v) is 2.16. The van der Waals surface area contributed by atoms with E-state index in [2.05, 4.69) is 17.6 Å². The van der Waals surface area contributed by atoms with Gasteiger partial charge in [-0.1, -0.05) is 26.2 Å². The van der Waals surface area contributed by atoms with Crippen LogP contribution in [-0.2, 0) is 9.53 Å². The number of hydrogen-bond donors (Lipinski definition) is 3. The van der Waals surface area contributed by atoms with Crippen LogP contribution in [0.1, 0.15) is 45.4 Å². The first kappa shape index (κ1) is 16.4. The van der Waals surface area contributed by atoms with Crippen LogP contribution in [0.3, 0.4) is 0 Å². The lowest BCUT2D eigenvalue weighted by Gasteiger charge is -2.15. The Kier molecular flexibility index (Phi) is 8.79. The number of nitrogens with one attached hydrogen (secondary N) is 2. The van der Waals surface area contributed by atoms with Crippen LogP contribution in [0.5, 0.6) is 0 Å². The van der Waals surface area contributed by atoms with Crippen LogP contribution in [0, 0.1) is 0 Å². The highest BCUT2D eigenvalue weighted by atomic mass is 16.5. The molecule has 0 radical (unpaired) electrons. The molecule has 1 amide bonds. The predicted molar refractivity (Wildman–Crippen MR) is 75.0 cm³/mol. The zero-order valence-electron chi connectivity index (χ0n) is 12.0. The monoisotopic (exact) mass is 272 g/mol. The summed E-state index contributed by atoms with van der Waals surface area (Å²) in [7, 11) is 0. The van der Waals surface area contributed by atoms with Crippen LogP contribution < -0.4 is 10.6 Å². The second kappa shape index (κ2) is 10.2. The van der Waals surface area contributed by atoms with E-state index in [-0.39, 0.29) is 11.9 Å². The quantitative estimate of drug-likeness (QED) is 0.487. The van der Waals surface area contributed by atoms with Gasteiger partial charge in [0.25, 0.3) is 0 Å². The molecule has 2 unspecified atom stereocenters. The van der Waals surface area contributed by atoms with E-state index in [4.69, 9.17) is 4.74 Å². The third kappa shape index (κ3) is 8.18. The summed E-state index contributed by atoms with van der Waals surface area (Å²) in [4.78, 5) is 11.0. The third-order valence-electron chi connectivity index (χ3n) is 3.31. The van der Waals surface area contributed by atoms with Gasteiger partial charge in [-0.05, 0) is 12.8 Å².